The molecule has 2 N–H and O–H groups in total. The second kappa shape index (κ2) is 5.50. The van der Waals surface area contributed by atoms with Crippen molar-refractivity contribution in [3.63, 3.8) is 0 Å². The molecule has 0 aromatic rings. The first-order chi connectivity index (χ1) is 7.66. The predicted molar refractivity (Wildman–Crippen MR) is 67.2 cm³/mol. The zero-order chi connectivity index (χ0) is 11.5. The van der Waals surface area contributed by atoms with E-state index in [-0.39, 0.29) is 6.04 Å². The van der Waals surface area contributed by atoms with E-state index >= 15 is 0 Å². The van der Waals surface area contributed by atoms with Crippen molar-refractivity contribution in [3.05, 3.63) is 0 Å². The highest BCUT2D eigenvalue weighted by molar-refractivity contribution is 4.87. The van der Waals surface area contributed by atoms with Gasteiger partial charge in [-0.05, 0) is 56.3 Å². The molecule has 2 nitrogen and oxygen atoms in total. The van der Waals surface area contributed by atoms with Gasteiger partial charge in [-0.2, -0.15) is 0 Å². The minimum absolute atomic E-state index is 0.283. The number of hydrogen-bond acceptors (Lipinski definition) is 2. The van der Waals surface area contributed by atoms with Gasteiger partial charge in [0, 0.05) is 12.6 Å². The van der Waals surface area contributed by atoms with Crippen molar-refractivity contribution in [2.75, 3.05) is 6.61 Å². The summed E-state index contributed by atoms with van der Waals surface area (Å²) in [6.45, 7) is 5.67. The van der Waals surface area contributed by atoms with E-state index in [1.165, 1.54) is 38.5 Å². The average Bonchev–Trinajstić information content (AvgIpc) is 2.28. The van der Waals surface area contributed by atoms with Crippen LogP contribution in [0.25, 0.3) is 0 Å². The number of nitrogens with two attached hydrogens (primary N) is 1. The molecule has 2 heteroatoms. The normalized spacial score (nSPS) is 42.9. The molecule has 0 amide bonds. The summed E-state index contributed by atoms with van der Waals surface area (Å²) in [4.78, 5) is 0. The SMILES string of the molecule is CC1CC(C)CC(C(N)C2CCCCO2)C1. The number of hydrogen-bond donors (Lipinski definition) is 1. The summed E-state index contributed by atoms with van der Waals surface area (Å²) in [7, 11) is 0. The first-order valence-corrected chi connectivity index (χ1v) is 7.04. The molecule has 0 spiro atoms. The minimum Gasteiger partial charge on any atom is -0.377 e. The van der Waals surface area contributed by atoms with Crippen molar-refractivity contribution >= 4 is 0 Å². The summed E-state index contributed by atoms with van der Waals surface area (Å²) in [5.41, 5.74) is 6.42. The Morgan fingerprint density at radius 2 is 1.75 bits per heavy atom. The van der Waals surface area contributed by atoms with E-state index in [1.807, 2.05) is 0 Å². The fourth-order valence-electron chi connectivity index (χ4n) is 3.70. The third-order valence-corrected chi connectivity index (χ3v) is 4.40. The number of ether oxygens (including phenoxy) is 1. The number of rotatable bonds is 2. The van der Waals surface area contributed by atoms with Gasteiger partial charge in [0.25, 0.3) is 0 Å². The molecule has 2 fully saturated rings. The maximum Gasteiger partial charge on any atom is 0.0728 e. The van der Waals surface area contributed by atoms with Crippen LogP contribution in [0.3, 0.4) is 0 Å². The summed E-state index contributed by atoms with van der Waals surface area (Å²) in [5.74, 6) is 2.40. The molecule has 4 unspecified atom stereocenters. The Morgan fingerprint density at radius 1 is 1.06 bits per heavy atom. The summed E-state index contributed by atoms with van der Waals surface area (Å²) in [6, 6.07) is 0.283. The second-order valence-corrected chi connectivity index (χ2v) is 6.16. The van der Waals surface area contributed by atoms with Crippen LogP contribution in [0, 0.1) is 17.8 Å². The highest BCUT2D eigenvalue weighted by Crippen LogP contribution is 2.36. The van der Waals surface area contributed by atoms with Gasteiger partial charge in [-0.15, -0.1) is 0 Å². The lowest BCUT2D eigenvalue weighted by molar-refractivity contribution is -0.0202. The van der Waals surface area contributed by atoms with Crippen molar-refractivity contribution in [1.29, 1.82) is 0 Å². The molecule has 2 rings (SSSR count). The molecule has 16 heavy (non-hydrogen) atoms. The highest BCUT2D eigenvalue weighted by atomic mass is 16.5. The monoisotopic (exact) mass is 225 g/mol. The van der Waals surface area contributed by atoms with Crippen LogP contribution in [0.4, 0.5) is 0 Å². The molecule has 0 bridgehead atoms. The molecule has 1 saturated heterocycles. The van der Waals surface area contributed by atoms with Crippen LogP contribution in [0.1, 0.15) is 52.4 Å². The van der Waals surface area contributed by atoms with Crippen molar-refractivity contribution in [2.24, 2.45) is 23.5 Å². The van der Waals surface area contributed by atoms with Crippen LogP contribution in [-0.2, 0) is 4.74 Å². The Balaban J connectivity index is 1.89. The second-order valence-electron chi connectivity index (χ2n) is 6.16. The molecule has 1 saturated carbocycles. The average molecular weight is 225 g/mol. The van der Waals surface area contributed by atoms with Gasteiger partial charge in [-0.25, -0.2) is 0 Å². The summed E-state index contributed by atoms with van der Waals surface area (Å²) in [5, 5.41) is 0. The topological polar surface area (TPSA) is 35.2 Å². The lowest BCUT2D eigenvalue weighted by Gasteiger charge is -2.39. The lowest BCUT2D eigenvalue weighted by Crippen LogP contribution is -2.46. The Hall–Kier alpha value is -0.0800. The molecular weight excluding hydrogens is 198 g/mol. The third kappa shape index (κ3) is 2.98. The lowest BCUT2D eigenvalue weighted by atomic mass is 9.72. The first kappa shape index (κ1) is 12.4. The van der Waals surface area contributed by atoms with Crippen LogP contribution in [0.15, 0.2) is 0 Å². The molecular formula is C14H27NO. The quantitative estimate of drug-likeness (QED) is 0.784. The zero-order valence-corrected chi connectivity index (χ0v) is 10.8. The standard InChI is InChI=1S/C14H27NO/c1-10-7-11(2)9-12(8-10)14(15)13-5-3-4-6-16-13/h10-14H,3-9,15H2,1-2H3. The van der Waals surface area contributed by atoms with Gasteiger partial charge in [0.1, 0.15) is 0 Å². The third-order valence-electron chi connectivity index (χ3n) is 4.40. The van der Waals surface area contributed by atoms with Crippen LogP contribution < -0.4 is 5.73 Å². The zero-order valence-electron chi connectivity index (χ0n) is 10.8. The van der Waals surface area contributed by atoms with E-state index in [0.29, 0.717) is 12.0 Å². The summed E-state index contributed by atoms with van der Waals surface area (Å²) < 4.78 is 5.84. The Morgan fingerprint density at radius 3 is 2.31 bits per heavy atom. The van der Waals surface area contributed by atoms with Crippen LogP contribution in [0.5, 0.6) is 0 Å². The predicted octanol–water partition coefficient (Wildman–Crippen LogP) is 2.96. The van der Waals surface area contributed by atoms with Crippen molar-refractivity contribution in [2.45, 2.75) is 64.5 Å². The van der Waals surface area contributed by atoms with Crippen LogP contribution in [0.2, 0.25) is 0 Å². The van der Waals surface area contributed by atoms with Gasteiger partial charge in [0.15, 0.2) is 0 Å². The van der Waals surface area contributed by atoms with E-state index in [4.69, 9.17) is 10.5 Å². The van der Waals surface area contributed by atoms with Gasteiger partial charge < -0.3 is 10.5 Å². The van der Waals surface area contributed by atoms with Gasteiger partial charge in [0.2, 0.25) is 0 Å². The van der Waals surface area contributed by atoms with Gasteiger partial charge >= 0.3 is 0 Å². The van der Waals surface area contributed by atoms with E-state index < -0.39 is 0 Å². The summed E-state index contributed by atoms with van der Waals surface area (Å²) >= 11 is 0. The molecule has 1 heterocycles. The fourth-order valence-corrected chi connectivity index (χ4v) is 3.70. The fraction of sp³-hybridized carbons (Fsp3) is 1.00. The van der Waals surface area contributed by atoms with Crippen molar-refractivity contribution in [1.82, 2.24) is 0 Å². The van der Waals surface area contributed by atoms with Gasteiger partial charge in [-0.3, -0.25) is 0 Å². The van der Waals surface area contributed by atoms with Crippen molar-refractivity contribution in [3.8, 4) is 0 Å². The largest absolute Gasteiger partial charge is 0.377 e. The van der Waals surface area contributed by atoms with Gasteiger partial charge in [0.05, 0.1) is 6.10 Å². The van der Waals surface area contributed by atoms with Crippen LogP contribution in [-0.4, -0.2) is 18.8 Å². The summed E-state index contributed by atoms with van der Waals surface area (Å²) in [6.07, 6.45) is 8.05. The van der Waals surface area contributed by atoms with E-state index in [1.54, 1.807) is 0 Å². The minimum atomic E-state index is 0.283. The van der Waals surface area contributed by atoms with E-state index in [2.05, 4.69) is 13.8 Å². The molecule has 94 valence electrons. The first-order valence-electron chi connectivity index (χ1n) is 7.04. The Kier molecular flexibility index (Phi) is 4.26. The van der Waals surface area contributed by atoms with Crippen LogP contribution >= 0.6 is 0 Å². The molecule has 1 aliphatic heterocycles. The maximum absolute atomic E-state index is 6.42. The maximum atomic E-state index is 6.42. The van der Waals surface area contributed by atoms with Crippen molar-refractivity contribution < 1.29 is 4.74 Å². The van der Waals surface area contributed by atoms with E-state index in [0.717, 1.165) is 18.4 Å². The molecule has 2 aliphatic rings. The van der Waals surface area contributed by atoms with E-state index in [9.17, 15) is 0 Å². The molecule has 4 atom stereocenters. The Bertz CT molecular complexity index is 203. The molecule has 0 radical (unpaired) electrons. The van der Waals surface area contributed by atoms with Gasteiger partial charge in [-0.1, -0.05) is 13.8 Å². The molecule has 0 aromatic carbocycles. The molecule has 1 aliphatic carbocycles. The molecule has 0 aromatic heterocycles. The highest BCUT2D eigenvalue weighted by Gasteiger charge is 2.33. The smallest absolute Gasteiger partial charge is 0.0728 e. The Labute approximate surface area is 99.9 Å².